The van der Waals surface area contributed by atoms with Crippen molar-refractivity contribution in [2.45, 2.75) is 19.3 Å². The molecule has 0 unspecified atom stereocenters. The van der Waals surface area contributed by atoms with Gasteiger partial charge in [-0.2, -0.15) is 26.3 Å². The molecule has 0 saturated carbocycles. The number of esters is 2. The summed E-state index contributed by atoms with van der Waals surface area (Å²) >= 11 is 0. The highest BCUT2D eigenvalue weighted by Gasteiger charge is 2.49. The maximum absolute atomic E-state index is 13.4. The van der Waals surface area contributed by atoms with E-state index in [9.17, 15) is 35.9 Å². The molecule has 0 N–H and O–H groups in total. The second-order valence-corrected chi connectivity index (χ2v) is 4.30. The van der Waals surface area contributed by atoms with Crippen LogP contribution >= 0.6 is 0 Å². The third-order valence-electron chi connectivity index (χ3n) is 2.78. The lowest BCUT2D eigenvalue weighted by molar-refractivity contribution is -0.147. The highest BCUT2D eigenvalue weighted by molar-refractivity contribution is 6.00. The molecule has 0 bridgehead atoms. The summed E-state index contributed by atoms with van der Waals surface area (Å²) in [5.41, 5.74) is -7.80. The molecule has 0 fully saturated rings. The topological polar surface area (TPSA) is 74.7 Å². The van der Waals surface area contributed by atoms with Crippen LogP contribution in [-0.4, -0.2) is 37.7 Å². The molecule has 1 heterocycles. The van der Waals surface area contributed by atoms with Crippen molar-refractivity contribution in [1.82, 2.24) is 4.98 Å². The molecule has 1 rings (SSSR count). The first-order valence-electron chi connectivity index (χ1n) is 6.41. The van der Waals surface area contributed by atoms with Crippen LogP contribution < -0.4 is 4.74 Å². The predicted molar refractivity (Wildman–Crippen MR) is 68.1 cm³/mol. The molecule has 25 heavy (non-hydrogen) atoms. The van der Waals surface area contributed by atoms with Crippen molar-refractivity contribution in [1.29, 1.82) is 0 Å². The Kier molecular flexibility index (Phi) is 5.87. The lowest BCUT2D eigenvalue weighted by atomic mass is 9.99. The molecule has 0 aliphatic heterocycles. The van der Waals surface area contributed by atoms with Gasteiger partial charge in [-0.1, -0.05) is 0 Å². The van der Waals surface area contributed by atoms with Crippen LogP contribution in [0.4, 0.5) is 26.3 Å². The van der Waals surface area contributed by atoms with E-state index in [1.165, 1.54) is 6.92 Å². The summed E-state index contributed by atoms with van der Waals surface area (Å²) in [5.74, 6) is -4.92. The monoisotopic (exact) mass is 375 g/mol. The van der Waals surface area contributed by atoms with E-state index in [1.807, 2.05) is 0 Å². The lowest BCUT2D eigenvalue weighted by Crippen LogP contribution is -2.27. The summed E-state index contributed by atoms with van der Waals surface area (Å²) in [5, 5.41) is 0. The number of alkyl halides is 6. The molecule has 0 amide bonds. The maximum Gasteiger partial charge on any atom is 0.434 e. The number of nitrogens with zero attached hydrogens (tertiary/aromatic N) is 1. The van der Waals surface area contributed by atoms with E-state index in [-0.39, 0.29) is 0 Å². The number of carbonyl (C=O) groups excluding carboxylic acids is 2. The first-order valence-corrected chi connectivity index (χ1v) is 6.41. The van der Waals surface area contributed by atoms with Crippen LogP contribution in [0.3, 0.4) is 0 Å². The third-order valence-corrected chi connectivity index (χ3v) is 2.78. The summed E-state index contributed by atoms with van der Waals surface area (Å²) < 4.78 is 92.5. The molecule has 0 atom stereocenters. The van der Waals surface area contributed by atoms with Crippen molar-refractivity contribution in [2.75, 3.05) is 20.8 Å². The van der Waals surface area contributed by atoms with E-state index in [1.54, 1.807) is 0 Å². The van der Waals surface area contributed by atoms with Gasteiger partial charge in [-0.15, -0.1) is 0 Å². The second-order valence-electron chi connectivity index (χ2n) is 4.30. The van der Waals surface area contributed by atoms with Gasteiger partial charge in [0.15, 0.2) is 5.69 Å². The number of carbonyl (C=O) groups is 2. The molecule has 0 aliphatic rings. The van der Waals surface area contributed by atoms with Gasteiger partial charge in [-0.25, -0.2) is 14.6 Å². The highest BCUT2D eigenvalue weighted by Crippen LogP contribution is 2.43. The fourth-order valence-corrected chi connectivity index (χ4v) is 1.89. The Labute approximate surface area is 136 Å². The van der Waals surface area contributed by atoms with Crippen molar-refractivity contribution in [3.8, 4) is 5.88 Å². The quantitative estimate of drug-likeness (QED) is 0.595. The number of pyridine rings is 1. The van der Waals surface area contributed by atoms with Crippen molar-refractivity contribution in [3.63, 3.8) is 0 Å². The minimum absolute atomic E-state index is 0.507. The van der Waals surface area contributed by atoms with Gasteiger partial charge < -0.3 is 14.2 Å². The molecule has 0 spiro atoms. The SMILES string of the molecule is CCOC(=O)c1c(C(F)(F)F)nc(OC)c(C(=O)OC)c1C(F)(F)F. The lowest BCUT2D eigenvalue weighted by Gasteiger charge is -2.21. The largest absolute Gasteiger partial charge is 0.480 e. The number of hydrogen-bond donors (Lipinski definition) is 0. The van der Waals surface area contributed by atoms with Gasteiger partial charge >= 0.3 is 24.3 Å². The number of aromatic nitrogens is 1. The van der Waals surface area contributed by atoms with E-state index in [0.717, 1.165) is 0 Å². The summed E-state index contributed by atoms with van der Waals surface area (Å²) in [6.45, 7) is 0.670. The molecule has 6 nitrogen and oxygen atoms in total. The van der Waals surface area contributed by atoms with Crippen LogP contribution in [0.15, 0.2) is 0 Å². The summed E-state index contributed by atoms with van der Waals surface area (Å²) in [7, 11) is 1.41. The fraction of sp³-hybridized carbons (Fsp3) is 0.462. The van der Waals surface area contributed by atoms with Crippen molar-refractivity contribution in [2.24, 2.45) is 0 Å². The molecular weight excluding hydrogens is 364 g/mol. The Morgan fingerprint density at radius 2 is 1.52 bits per heavy atom. The van der Waals surface area contributed by atoms with E-state index in [2.05, 4.69) is 19.2 Å². The minimum atomic E-state index is -5.54. The van der Waals surface area contributed by atoms with Crippen LogP contribution in [0.2, 0.25) is 0 Å². The second kappa shape index (κ2) is 7.15. The molecule has 12 heteroatoms. The van der Waals surface area contributed by atoms with Crippen LogP contribution in [0.5, 0.6) is 5.88 Å². The van der Waals surface area contributed by atoms with Gasteiger partial charge in [0.05, 0.1) is 26.4 Å². The molecule has 1 aromatic heterocycles. The van der Waals surface area contributed by atoms with E-state index < -0.39 is 59.2 Å². The molecule has 140 valence electrons. The average molecular weight is 375 g/mol. The average Bonchev–Trinajstić information content (AvgIpc) is 2.50. The van der Waals surface area contributed by atoms with Gasteiger partial charge in [0.2, 0.25) is 5.88 Å². The van der Waals surface area contributed by atoms with E-state index in [4.69, 9.17) is 0 Å². The molecule has 0 saturated heterocycles. The number of ether oxygens (including phenoxy) is 3. The summed E-state index contributed by atoms with van der Waals surface area (Å²) in [6.07, 6.45) is -11.0. The molecule has 0 aromatic carbocycles. The van der Waals surface area contributed by atoms with Crippen LogP contribution in [0.25, 0.3) is 0 Å². The highest BCUT2D eigenvalue weighted by atomic mass is 19.4. The smallest absolute Gasteiger partial charge is 0.434 e. The van der Waals surface area contributed by atoms with Gasteiger partial charge in [0, 0.05) is 0 Å². The molecular formula is C13H11F6NO5. The van der Waals surface area contributed by atoms with E-state index >= 15 is 0 Å². The van der Waals surface area contributed by atoms with Crippen molar-refractivity contribution in [3.05, 3.63) is 22.4 Å². The van der Waals surface area contributed by atoms with Crippen molar-refractivity contribution >= 4 is 11.9 Å². The predicted octanol–water partition coefficient (Wildman–Crippen LogP) is 3.09. The summed E-state index contributed by atoms with van der Waals surface area (Å²) in [6, 6.07) is 0. The zero-order valence-corrected chi connectivity index (χ0v) is 13.0. The number of methoxy groups -OCH3 is 2. The van der Waals surface area contributed by atoms with Gasteiger partial charge in [0.1, 0.15) is 11.1 Å². The Balaban J connectivity index is 4.10. The summed E-state index contributed by atoms with van der Waals surface area (Å²) in [4.78, 5) is 26.3. The number of halogens is 6. The zero-order chi connectivity index (χ0) is 19.6. The Morgan fingerprint density at radius 3 is 1.88 bits per heavy atom. The number of hydrogen-bond acceptors (Lipinski definition) is 6. The third kappa shape index (κ3) is 4.12. The van der Waals surface area contributed by atoms with Gasteiger partial charge in [0.25, 0.3) is 0 Å². The van der Waals surface area contributed by atoms with Gasteiger partial charge in [-0.3, -0.25) is 0 Å². The molecule has 1 aromatic rings. The van der Waals surface area contributed by atoms with Crippen LogP contribution in [0.1, 0.15) is 38.9 Å². The first-order chi connectivity index (χ1) is 11.4. The van der Waals surface area contributed by atoms with Gasteiger partial charge in [-0.05, 0) is 6.92 Å². The Morgan fingerprint density at radius 1 is 0.960 bits per heavy atom. The Bertz CT molecular complexity index is 683. The Hall–Kier alpha value is -2.53. The molecule has 0 radical (unpaired) electrons. The van der Waals surface area contributed by atoms with Crippen molar-refractivity contribution < 1.29 is 50.1 Å². The van der Waals surface area contributed by atoms with Crippen LogP contribution in [0, 0.1) is 0 Å². The fourth-order valence-electron chi connectivity index (χ4n) is 1.89. The van der Waals surface area contributed by atoms with E-state index in [0.29, 0.717) is 14.2 Å². The normalized spacial score (nSPS) is 11.9. The standard InChI is InChI=1S/C13H11F6NO5/c1-4-25-11(22)5-7(12(14,15)16)6(10(21)24-3)9(23-2)20-8(5)13(17,18)19/h4H2,1-3H3. The minimum Gasteiger partial charge on any atom is -0.480 e. The van der Waals surface area contributed by atoms with Crippen LogP contribution in [-0.2, 0) is 21.8 Å². The maximum atomic E-state index is 13.4. The number of rotatable bonds is 4. The molecule has 0 aliphatic carbocycles. The zero-order valence-electron chi connectivity index (χ0n) is 13.0. The first kappa shape index (κ1) is 20.5.